The molecular weight excluding hydrogens is 452 g/mol. The van der Waals surface area contributed by atoms with Crippen LogP contribution in [-0.4, -0.2) is 65.1 Å². The van der Waals surface area contributed by atoms with E-state index < -0.39 is 29.9 Å². The minimum Gasteiger partial charge on any atom is -0.508 e. The van der Waals surface area contributed by atoms with E-state index in [2.05, 4.69) is 21.3 Å². The molecule has 2 aromatic rings. The van der Waals surface area contributed by atoms with Crippen LogP contribution in [0.1, 0.15) is 24.0 Å². The van der Waals surface area contributed by atoms with Crippen LogP contribution in [0.5, 0.6) is 5.75 Å². The molecule has 3 unspecified atom stereocenters. The first-order valence-corrected chi connectivity index (χ1v) is 11.5. The Labute approximate surface area is 203 Å². The summed E-state index contributed by atoms with van der Waals surface area (Å²) < 4.78 is 0. The van der Waals surface area contributed by atoms with Crippen LogP contribution in [0.25, 0.3) is 0 Å². The number of hydrogen-bond donors (Lipinski definition) is 6. The van der Waals surface area contributed by atoms with E-state index >= 15 is 0 Å². The summed E-state index contributed by atoms with van der Waals surface area (Å²) in [6, 6.07) is 12.4. The van der Waals surface area contributed by atoms with Gasteiger partial charge in [0.2, 0.25) is 17.7 Å². The van der Waals surface area contributed by atoms with Crippen molar-refractivity contribution in [3.63, 3.8) is 0 Å². The Morgan fingerprint density at radius 1 is 0.914 bits per heavy atom. The lowest BCUT2D eigenvalue weighted by atomic mass is 10.0. The summed E-state index contributed by atoms with van der Waals surface area (Å²) >= 11 is 0. The van der Waals surface area contributed by atoms with Crippen molar-refractivity contribution in [3.8, 4) is 5.75 Å². The second-order valence-electron chi connectivity index (χ2n) is 8.45. The highest BCUT2D eigenvalue weighted by Gasteiger charge is 2.28. The topological polar surface area (TPSA) is 157 Å². The smallest absolute Gasteiger partial charge is 0.326 e. The molecule has 3 atom stereocenters. The Morgan fingerprint density at radius 2 is 1.57 bits per heavy atom. The van der Waals surface area contributed by atoms with Crippen LogP contribution in [-0.2, 0) is 32.0 Å². The van der Waals surface area contributed by atoms with Gasteiger partial charge in [0.1, 0.15) is 17.8 Å². The lowest BCUT2D eigenvalue weighted by Gasteiger charge is -2.22. The first kappa shape index (κ1) is 25.7. The van der Waals surface area contributed by atoms with Crippen molar-refractivity contribution in [2.45, 2.75) is 43.8 Å². The molecule has 10 heteroatoms. The number of carboxylic acids is 1. The number of nitrogens with one attached hydrogen (secondary N) is 4. The average molecular weight is 483 g/mol. The molecule has 10 nitrogen and oxygen atoms in total. The number of carbonyl (C=O) groups excluding carboxylic acids is 3. The predicted molar refractivity (Wildman–Crippen MR) is 127 cm³/mol. The maximum Gasteiger partial charge on any atom is 0.326 e. The van der Waals surface area contributed by atoms with Gasteiger partial charge in [0.05, 0.1) is 12.6 Å². The second kappa shape index (κ2) is 12.5. The van der Waals surface area contributed by atoms with Crippen molar-refractivity contribution in [1.29, 1.82) is 0 Å². The van der Waals surface area contributed by atoms with E-state index in [-0.39, 0.29) is 37.1 Å². The number of phenolic OH excluding ortho intramolecular Hbond substituents is 1. The molecule has 0 aliphatic carbocycles. The van der Waals surface area contributed by atoms with Gasteiger partial charge in [-0.3, -0.25) is 14.4 Å². The number of hydrogen-bond acceptors (Lipinski definition) is 6. The molecule has 1 aliphatic rings. The Balaban J connectivity index is 1.66. The summed E-state index contributed by atoms with van der Waals surface area (Å²) in [5, 5.41) is 29.9. The third kappa shape index (κ3) is 8.11. The van der Waals surface area contributed by atoms with E-state index in [1.165, 1.54) is 12.1 Å². The molecule has 0 saturated carbocycles. The minimum absolute atomic E-state index is 0.0517. The van der Waals surface area contributed by atoms with E-state index in [1.54, 1.807) is 36.4 Å². The first-order valence-electron chi connectivity index (χ1n) is 11.5. The standard InChI is InChI=1S/C25H30N4O6/c30-18-10-8-17(9-11-18)13-20(28-22(31)15-27-23(32)19-7-4-12-26-19)24(33)29-21(25(34)35)14-16-5-2-1-3-6-16/h1-3,5-6,8-11,19-21,26,30H,4,7,12-15H2,(H,27,32)(H,28,31)(H,29,33)(H,34,35). The SMILES string of the molecule is O=C(CNC(=O)C1CCCN1)NC(Cc1ccc(O)cc1)C(=O)NC(Cc1ccccc1)C(=O)O. The van der Waals surface area contributed by atoms with Crippen molar-refractivity contribution >= 4 is 23.7 Å². The van der Waals surface area contributed by atoms with Gasteiger partial charge in [0.25, 0.3) is 0 Å². The summed E-state index contributed by atoms with van der Waals surface area (Å²) in [7, 11) is 0. The maximum atomic E-state index is 13.1. The molecule has 186 valence electrons. The van der Waals surface area contributed by atoms with Gasteiger partial charge in [-0.25, -0.2) is 4.79 Å². The summed E-state index contributed by atoms with van der Waals surface area (Å²) in [5.41, 5.74) is 1.39. The largest absolute Gasteiger partial charge is 0.508 e. The normalized spacial score (nSPS) is 16.6. The van der Waals surface area contributed by atoms with Gasteiger partial charge < -0.3 is 31.5 Å². The van der Waals surface area contributed by atoms with Gasteiger partial charge in [-0.05, 0) is 42.6 Å². The molecule has 3 amide bonds. The summed E-state index contributed by atoms with van der Waals surface area (Å²) in [4.78, 5) is 49.6. The number of aromatic hydroxyl groups is 1. The molecule has 0 spiro atoms. The average Bonchev–Trinajstić information content (AvgIpc) is 3.39. The second-order valence-corrected chi connectivity index (χ2v) is 8.45. The number of phenols is 1. The third-order valence-corrected chi connectivity index (χ3v) is 5.73. The molecule has 0 aromatic heterocycles. The van der Waals surface area contributed by atoms with Gasteiger partial charge in [-0.15, -0.1) is 0 Å². The van der Waals surface area contributed by atoms with E-state index in [9.17, 15) is 29.4 Å². The monoisotopic (exact) mass is 482 g/mol. The molecule has 6 N–H and O–H groups in total. The molecule has 0 bridgehead atoms. The van der Waals surface area contributed by atoms with E-state index in [1.807, 2.05) is 6.07 Å². The fraction of sp³-hybridized carbons (Fsp3) is 0.360. The van der Waals surface area contributed by atoms with E-state index in [4.69, 9.17) is 0 Å². The third-order valence-electron chi connectivity index (χ3n) is 5.73. The Hall–Kier alpha value is -3.92. The van der Waals surface area contributed by atoms with Crippen LogP contribution in [0.3, 0.4) is 0 Å². The van der Waals surface area contributed by atoms with Crippen molar-refractivity contribution in [2.24, 2.45) is 0 Å². The highest BCUT2D eigenvalue weighted by atomic mass is 16.4. The molecule has 1 saturated heterocycles. The highest BCUT2D eigenvalue weighted by molar-refractivity contribution is 5.92. The number of carbonyl (C=O) groups is 4. The van der Waals surface area contributed by atoms with Gasteiger partial charge in [0, 0.05) is 12.8 Å². The Kier molecular flexibility index (Phi) is 9.19. The van der Waals surface area contributed by atoms with Crippen LogP contribution in [0.4, 0.5) is 0 Å². The van der Waals surface area contributed by atoms with Crippen molar-refractivity contribution in [2.75, 3.05) is 13.1 Å². The maximum absolute atomic E-state index is 13.1. The lowest BCUT2D eigenvalue weighted by Crippen LogP contribution is -2.54. The molecule has 2 aromatic carbocycles. The zero-order chi connectivity index (χ0) is 25.2. The molecule has 0 radical (unpaired) electrons. The lowest BCUT2D eigenvalue weighted by molar-refractivity contribution is -0.142. The predicted octanol–water partition coefficient (Wildman–Crippen LogP) is 0.0998. The summed E-state index contributed by atoms with van der Waals surface area (Å²) in [5.74, 6) is -2.68. The van der Waals surface area contributed by atoms with Crippen molar-refractivity contribution in [1.82, 2.24) is 21.3 Å². The zero-order valence-electron chi connectivity index (χ0n) is 19.2. The van der Waals surface area contributed by atoms with Gasteiger partial charge in [0.15, 0.2) is 0 Å². The van der Waals surface area contributed by atoms with Crippen LogP contribution in [0, 0.1) is 0 Å². The van der Waals surface area contributed by atoms with Crippen LogP contribution in [0.2, 0.25) is 0 Å². The van der Waals surface area contributed by atoms with Crippen molar-refractivity contribution in [3.05, 3.63) is 65.7 Å². The quantitative estimate of drug-likeness (QED) is 0.265. The molecule has 35 heavy (non-hydrogen) atoms. The Morgan fingerprint density at radius 3 is 2.20 bits per heavy atom. The van der Waals surface area contributed by atoms with Gasteiger partial charge >= 0.3 is 5.97 Å². The molecular formula is C25H30N4O6. The van der Waals surface area contributed by atoms with Gasteiger partial charge in [-0.1, -0.05) is 42.5 Å². The number of carboxylic acid groups (broad SMARTS) is 1. The fourth-order valence-corrected chi connectivity index (χ4v) is 3.84. The molecule has 1 aliphatic heterocycles. The number of amides is 3. The minimum atomic E-state index is -1.20. The zero-order valence-corrected chi connectivity index (χ0v) is 19.2. The number of benzene rings is 2. The molecule has 3 rings (SSSR count). The van der Waals surface area contributed by atoms with Crippen molar-refractivity contribution < 1.29 is 29.4 Å². The number of rotatable bonds is 11. The van der Waals surface area contributed by atoms with E-state index in [0.29, 0.717) is 12.0 Å². The van der Waals surface area contributed by atoms with E-state index in [0.717, 1.165) is 18.5 Å². The summed E-state index contributed by atoms with van der Waals surface area (Å²) in [6.45, 7) is 0.426. The summed E-state index contributed by atoms with van der Waals surface area (Å²) in [6.07, 6.45) is 1.71. The van der Waals surface area contributed by atoms with Crippen LogP contribution < -0.4 is 21.3 Å². The first-order chi connectivity index (χ1) is 16.8. The van der Waals surface area contributed by atoms with Crippen LogP contribution >= 0.6 is 0 Å². The van der Waals surface area contributed by atoms with Gasteiger partial charge in [-0.2, -0.15) is 0 Å². The highest BCUT2D eigenvalue weighted by Crippen LogP contribution is 2.12. The Bertz CT molecular complexity index is 1020. The fourth-order valence-electron chi connectivity index (χ4n) is 3.84. The number of aliphatic carboxylic acids is 1. The van der Waals surface area contributed by atoms with Crippen LogP contribution in [0.15, 0.2) is 54.6 Å². The molecule has 1 heterocycles. The molecule has 1 fully saturated rings.